The molecule has 2 N–H and O–H groups in total. The molecule has 0 saturated heterocycles. The van der Waals surface area contributed by atoms with Crippen LogP contribution in [0.15, 0.2) is 52.5 Å². The summed E-state index contributed by atoms with van der Waals surface area (Å²) in [5, 5.41) is 1.16. The van der Waals surface area contributed by atoms with Crippen molar-refractivity contribution in [3.63, 3.8) is 0 Å². The Morgan fingerprint density at radius 1 is 1.27 bits per heavy atom. The maximum Gasteiger partial charge on any atom is 0.136 e. The molecule has 0 aliphatic rings. The predicted octanol–water partition coefficient (Wildman–Crippen LogP) is 5.11. The molecule has 0 aliphatic carbocycles. The van der Waals surface area contributed by atoms with Crippen molar-refractivity contribution in [2.24, 2.45) is 5.73 Å². The van der Waals surface area contributed by atoms with Gasteiger partial charge in [-0.1, -0.05) is 47.4 Å². The minimum atomic E-state index is 0.179. The Balaban J connectivity index is 2.24. The van der Waals surface area contributed by atoms with Gasteiger partial charge in [0, 0.05) is 10.6 Å². The zero-order valence-corrected chi connectivity index (χ0v) is 13.7. The number of halogens is 2. The molecule has 0 unspecified atom stereocenters. The Kier molecular flexibility index (Phi) is 5.46. The van der Waals surface area contributed by atoms with E-state index in [1.807, 2.05) is 12.1 Å². The second-order valence-corrected chi connectivity index (χ2v) is 5.56. The van der Waals surface area contributed by atoms with Crippen LogP contribution in [0, 0.1) is 12.3 Å². The van der Waals surface area contributed by atoms with Crippen molar-refractivity contribution in [3.8, 4) is 23.7 Å². The van der Waals surface area contributed by atoms with Gasteiger partial charge in [-0.05, 0) is 42.5 Å². The van der Waals surface area contributed by atoms with E-state index in [9.17, 15) is 0 Å². The van der Waals surface area contributed by atoms with Crippen LogP contribution in [0.5, 0.6) is 0 Å². The van der Waals surface area contributed by atoms with Gasteiger partial charge < -0.3 is 10.2 Å². The quantitative estimate of drug-likeness (QED) is 0.361. The molecule has 1 aromatic carbocycles. The first-order chi connectivity index (χ1) is 10.5. The number of furan rings is 1. The smallest absolute Gasteiger partial charge is 0.136 e. The summed E-state index contributed by atoms with van der Waals surface area (Å²) in [6.07, 6.45) is 10.4. The Labute approximate surface area is 144 Å². The molecule has 5 heteroatoms. The van der Waals surface area contributed by atoms with Crippen molar-refractivity contribution < 1.29 is 4.42 Å². The van der Waals surface area contributed by atoms with Gasteiger partial charge in [0.1, 0.15) is 16.5 Å². The highest BCUT2D eigenvalue weighted by Gasteiger charge is 2.08. The van der Waals surface area contributed by atoms with Crippen molar-refractivity contribution in [1.29, 1.82) is 0 Å². The molecule has 0 fully saturated rings. The van der Waals surface area contributed by atoms with E-state index in [1.54, 1.807) is 36.4 Å². The fourth-order valence-electron chi connectivity index (χ4n) is 1.71. The Morgan fingerprint density at radius 3 is 2.73 bits per heavy atom. The summed E-state index contributed by atoms with van der Waals surface area (Å²) >= 11 is 16.9. The Hall–Kier alpha value is -1.99. The maximum absolute atomic E-state index is 6.14. The largest absolute Gasteiger partial charge is 0.457 e. The molecule has 0 bridgehead atoms. The van der Waals surface area contributed by atoms with E-state index in [2.05, 4.69) is 5.92 Å². The molecule has 2 nitrogen and oxygen atoms in total. The second kappa shape index (κ2) is 7.33. The van der Waals surface area contributed by atoms with Crippen molar-refractivity contribution in [1.82, 2.24) is 0 Å². The summed E-state index contributed by atoms with van der Waals surface area (Å²) in [7, 11) is 0. The van der Waals surface area contributed by atoms with E-state index < -0.39 is 0 Å². The maximum atomic E-state index is 6.14. The third kappa shape index (κ3) is 4.02. The number of rotatable bonds is 4. The van der Waals surface area contributed by atoms with E-state index in [1.165, 1.54) is 0 Å². The van der Waals surface area contributed by atoms with Crippen LogP contribution >= 0.6 is 35.4 Å². The molecule has 22 heavy (non-hydrogen) atoms. The van der Waals surface area contributed by atoms with Gasteiger partial charge >= 0.3 is 0 Å². The molecule has 0 amide bonds. The van der Waals surface area contributed by atoms with Crippen LogP contribution in [0.25, 0.3) is 17.4 Å². The third-order valence-corrected chi connectivity index (χ3v) is 3.55. The number of hydrogen-bond donors (Lipinski definition) is 1. The first-order valence-electron chi connectivity index (χ1n) is 6.21. The third-order valence-electron chi connectivity index (χ3n) is 2.76. The summed E-state index contributed by atoms with van der Waals surface area (Å²) in [6.45, 7) is 0. The van der Waals surface area contributed by atoms with Gasteiger partial charge in [0.15, 0.2) is 0 Å². The summed E-state index contributed by atoms with van der Waals surface area (Å²) < 4.78 is 5.71. The van der Waals surface area contributed by atoms with Crippen LogP contribution in [-0.2, 0) is 0 Å². The molecule has 1 aromatic heterocycles. The van der Waals surface area contributed by atoms with Gasteiger partial charge in [-0.25, -0.2) is 0 Å². The van der Waals surface area contributed by atoms with Gasteiger partial charge in [0.2, 0.25) is 0 Å². The Bertz CT molecular complexity index is 812. The first kappa shape index (κ1) is 16.4. The van der Waals surface area contributed by atoms with Crippen LogP contribution in [0.3, 0.4) is 0 Å². The van der Waals surface area contributed by atoms with Crippen LogP contribution < -0.4 is 5.73 Å². The average molecular weight is 348 g/mol. The van der Waals surface area contributed by atoms with Crippen LogP contribution in [0.1, 0.15) is 5.76 Å². The summed E-state index contributed by atoms with van der Waals surface area (Å²) in [6, 6.07) is 8.82. The van der Waals surface area contributed by atoms with E-state index >= 15 is 0 Å². The van der Waals surface area contributed by atoms with Gasteiger partial charge in [-0.3, -0.25) is 0 Å². The second-order valence-electron chi connectivity index (χ2n) is 4.27. The normalized spacial score (nSPS) is 11.6. The fourth-order valence-corrected chi connectivity index (χ4v) is 2.22. The van der Waals surface area contributed by atoms with E-state index in [0.29, 0.717) is 27.1 Å². The SMILES string of the molecule is C#C/C(=C/C=C/c1ccc(-c2cc(Cl)ccc2Cl)o1)C(N)=S. The molecule has 2 rings (SSSR count). The first-order valence-corrected chi connectivity index (χ1v) is 7.37. The number of thiocarbonyl (C=S) groups is 1. The zero-order chi connectivity index (χ0) is 16.1. The average Bonchev–Trinajstić information content (AvgIpc) is 2.94. The lowest BCUT2D eigenvalue weighted by Gasteiger charge is -2.00. The van der Waals surface area contributed by atoms with Gasteiger partial charge in [0.05, 0.1) is 10.6 Å². The predicted molar refractivity (Wildman–Crippen MR) is 96.9 cm³/mol. The molecule has 0 spiro atoms. The summed E-state index contributed by atoms with van der Waals surface area (Å²) in [5.74, 6) is 3.68. The highest BCUT2D eigenvalue weighted by atomic mass is 35.5. The monoisotopic (exact) mass is 347 g/mol. The molecule has 0 atom stereocenters. The number of terminal acetylenes is 1. The number of allylic oxidation sites excluding steroid dienone is 2. The highest BCUT2D eigenvalue weighted by molar-refractivity contribution is 7.80. The lowest BCUT2D eigenvalue weighted by Crippen LogP contribution is -2.09. The highest BCUT2D eigenvalue weighted by Crippen LogP contribution is 2.32. The van der Waals surface area contributed by atoms with Crippen molar-refractivity contribution in [3.05, 3.63) is 63.9 Å². The van der Waals surface area contributed by atoms with E-state index in [4.69, 9.17) is 52.0 Å². The molecule has 0 saturated carbocycles. The molecule has 2 aromatic rings. The number of nitrogens with two attached hydrogens (primary N) is 1. The molecular formula is C17H11Cl2NOS. The zero-order valence-electron chi connectivity index (χ0n) is 11.3. The van der Waals surface area contributed by atoms with Crippen molar-refractivity contribution in [2.75, 3.05) is 0 Å². The molecular weight excluding hydrogens is 337 g/mol. The summed E-state index contributed by atoms with van der Waals surface area (Å²) in [4.78, 5) is 0.179. The van der Waals surface area contributed by atoms with Gasteiger partial charge in [-0.15, -0.1) is 6.42 Å². The van der Waals surface area contributed by atoms with Crippen LogP contribution in [-0.4, -0.2) is 4.99 Å². The van der Waals surface area contributed by atoms with E-state index in [0.717, 1.165) is 5.56 Å². The molecule has 110 valence electrons. The summed E-state index contributed by atoms with van der Waals surface area (Å²) in [5.41, 5.74) is 6.66. The molecule has 0 aliphatic heterocycles. The Morgan fingerprint density at radius 2 is 2.05 bits per heavy atom. The van der Waals surface area contributed by atoms with Crippen molar-refractivity contribution in [2.45, 2.75) is 0 Å². The molecule has 1 heterocycles. The molecule has 0 radical (unpaired) electrons. The minimum absolute atomic E-state index is 0.179. The lowest BCUT2D eigenvalue weighted by molar-refractivity contribution is 0.572. The topological polar surface area (TPSA) is 39.2 Å². The standard InChI is InChI=1S/C17H11Cl2NOS/c1-2-11(17(20)22)4-3-5-13-7-9-16(21-13)14-10-12(18)6-8-15(14)19/h1,3-10H,(H2,20,22)/b5-3+,11-4-. The van der Waals surface area contributed by atoms with Crippen LogP contribution in [0.4, 0.5) is 0 Å². The van der Waals surface area contributed by atoms with E-state index in [-0.39, 0.29) is 4.99 Å². The fraction of sp³-hybridized carbons (Fsp3) is 0. The number of hydrogen-bond acceptors (Lipinski definition) is 2. The number of benzene rings is 1. The minimum Gasteiger partial charge on any atom is -0.457 e. The van der Waals surface area contributed by atoms with Gasteiger partial charge in [0.25, 0.3) is 0 Å². The van der Waals surface area contributed by atoms with Gasteiger partial charge in [-0.2, -0.15) is 0 Å². The van der Waals surface area contributed by atoms with Crippen LogP contribution in [0.2, 0.25) is 10.0 Å². The lowest BCUT2D eigenvalue weighted by atomic mass is 10.2. The van der Waals surface area contributed by atoms with Crippen molar-refractivity contribution >= 4 is 46.5 Å².